The molecule has 1 aliphatic carbocycles. The van der Waals surface area contributed by atoms with Crippen molar-refractivity contribution < 1.29 is 28.5 Å². The first kappa shape index (κ1) is 17.1. The van der Waals surface area contributed by atoms with Gasteiger partial charge in [0.15, 0.2) is 0 Å². The summed E-state index contributed by atoms with van der Waals surface area (Å²) in [6.07, 6.45) is 0.897. The van der Waals surface area contributed by atoms with E-state index in [-0.39, 0.29) is 18.3 Å². The fourth-order valence-electron chi connectivity index (χ4n) is 3.08. The maximum absolute atomic E-state index is 12.2. The van der Waals surface area contributed by atoms with Gasteiger partial charge in [0.25, 0.3) is 0 Å². The number of benzene rings is 1. The molecule has 0 unspecified atom stereocenters. The molecule has 0 N–H and O–H groups in total. The van der Waals surface area contributed by atoms with Crippen molar-refractivity contribution in [3.05, 3.63) is 17.7 Å². The van der Waals surface area contributed by atoms with E-state index in [1.165, 1.54) is 14.2 Å². The van der Waals surface area contributed by atoms with Gasteiger partial charge < -0.3 is 18.9 Å². The Morgan fingerprint density at radius 2 is 1.74 bits per heavy atom. The maximum atomic E-state index is 12.2. The molecule has 0 spiro atoms. The molecule has 0 amide bonds. The third-order valence-electron chi connectivity index (χ3n) is 4.12. The van der Waals surface area contributed by atoms with Crippen LogP contribution in [-0.2, 0) is 14.3 Å². The lowest BCUT2D eigenvalue weighted by Gasteiger charge is -2.22. The summed E-state index contributed by atoms with van der Waals surface area (Å²) in [7, 11) is 4.62. The summed E-state index contributed by atoms with van der Waals surface area (Å²) >= 11 is 0. The highest BCUT2D eigenvalue weighted by molar-refractivity contribution is 6.02. The number of carbonyl (C=O) groups is 2. The summed E-state index contributed by atoms with van der Waals surface area (Å²) in [5.41, 5.74) is 0.708. The van der Waals surface area contributed by atoms with Crippen molar-refractivity contribution in [1.82, 2.24) is 0 Å². The Morgan fingerprint density at radius 3 is 2.22 bits per heavy atom. The van der Waals surface area contributed by atoms with Crippen LogP contribution in [0.5, 0.6) is 17.2 Å². The summed E-state index contributed by atoms with van der Waals surface area (Å²) in [5.74, 6) is -0.0679. The summed E-state index contributed by atoms with van der Waals surface area (Å²) in [6.45, 7) is 1.97. The van der Waals surface area contributed by atoms with Gasteiger partial charge in [-0.1, -0.05) is 0 Å². The molecule has 1 fully saturated rings. The molecule has 126 valence electrons. The van der Waals surface area contributed by atoms with E-state index in [9.17, 15) is 9.59 Å². The normalized spacial score (nSPS) is 20.3. The number of esters is 1. The molecular formula is C17H22O6. The zero-order valence-corrected chi connectivity index (χ0v) is 13.9. The quantitative estimate of drug-likeness (QED) is 0.591. The number of methoxy groups -OCH3 is 3. The summed E-state index contributed by atoms with van der Waals surface area (Å²) in [6, 6.07) is 3.45. The van der Waals surface area contributed by atoms with E-state index < -0.39 is 11.9 Å². The standard InChI is InChI=1S/C17H22O6/c1-5-23-17(19)15-11(6-7-12(15)18)16-13(21-3)8-10(20-2)9-14(16)22-4/h8-9,11,15H,5-7H2,1-4H3/t11-,15+/m0/s1. The van der Waals surface area contributed by atoms with Crippen molar-refractivity contribution in [1.29, 1.82) is 0 Å². The smallest absolute Gasteiger partial charge is 0.317 e. The number of hydrogen-bond donors (Lipinski definition) is 0. The molecule has 0 radical (unpaired) electrons. The number of hydrogen-bond acceptors (Lipinski definition) is 6. The zero-order chi connectivity index (χ0) is 17.0. The third kappa shape index (κ3) is 3.25. The zero-order valence-electron chi connectivity index (χ0n) is 13.9. The molecule has 0 aliphatic heterocycles. The SMILES string of the molecule is CCOC(=O)[C@H]1C(=O)CC[C@@H]1c1c(OC)cc(OC)cc1OC. The molecule has 6 heteroatoms. The average molecular weight is 322 g/mol. The van der Waals surface area contributed by atoms with Crippen molar-refractivity contribution in [2.24, 2.45) is 5.92 Å². The van der Waals surface area contributed by atoms with Gasteiger partial charge in [-0.3, -0.25) is 9.59 Å². The Bertz CT molecular complexity index is 570. The molecule has 2 rings (SSSR count). The Morgan fingerprint density at radius 1 is 1.13 bits per heavy atom. The number of ketones is 1. The first-order chi connectivity index (χ1) is 11.1. The molecule has 23 heavy (non-hydrogen) atoms. The van der Waals surface area contributed by atoms with E-state index >= 15 is 0 Å². The van der Waals surface area contributed by atoms with E-state index in [1.807, 2.05) is 0 Å². The van der Waals surface area contributed by atoms with Gasteiger partial charge in [0.05, 0.1) is 27.9 Å². The predicted octanol–water partition coefficient (Wildman–Crippen LogP) is 2.34. The van der Waals surface area contributed by atoms with Gasteiger partial charge in [-0.15, -0.1) is 0 Å². The fourth-order valence-corrected chi connectivity index (χ4v) is 3.08. The van der Waals surface area contributed by atoms with E-state index in [0.717, 1.165) is 0 Å². The van der Waals surface area contributed by atoms with Crippen molar-refractivity contribution in [3.63, 3.8) is 0 Å². The molecule has 0 bridgehead atoms. The number of ether oxygens (including phenoxy) is 4. The molecule has 0 saturated heterocycles. The molecular weight excluding hydrogens is 300 g/mol. The summed E-state index contributed by atoms with van der Waals surface area (Å²) in [5, 5.41) is 0. The molecule has 2 atom stereocenters. The third-order valence-corrected chi connectivity index (χ3v) is 4.12. The van der Waals surface area contributed by atoms with Gasteiger partial charge in [-0.2, -0.15) is 0 Å². The Labute approximate surface area is 135 Å². The van der Waals surface area contributed by atoms with Crippen LogP contribution in [0.2, 0.25) is 0 Å². The van der Waals surface area contributed by atoms with E-state index in [4.69, 9.17) is 18.9 Å². The van der Waals surface area contributed by atoms with Crippen LogP contribution in [0.4, 0.5) is 0 Å². The van der Waals surface area contributed by atoms with Crippen LogP contribution in [0.3, 0.4) is 0 Å². The second-order valence-corrected chi connectivity index (χ2v) is 5.29. The van der Waals surface area contributed by atoms with Crippen molar-refractivity contribution >= 4 is 11.8 Å². The van der Waals surface area contributed by atoms with E-state index in [1.54, 1.807) is 26.2 Å². The lowest BCUT2D eigenvalue weighted by atomic mass is 9.87. The minimum atomic E-state index is -0.814. The van der Waals surface area contributed by atoms with Crippen LogP contribution < -0.4 is 14.2 Å². The van der Waals surface area contributed by atoms with Gasteiger partial charge >= 0.3 is 5.97 Å². The Hall–Kier alpha value is -2.24. The number of Topliss-reactive ketones (excluding diaryl/α,β-unsaturated/α-hetero) is 1. The van der Waals surface area contributed by atoms with Crippen LogP contribution in [0, 0.1) is 5.92 Å². The fraction of sp³-hybridized carbons (Fsp3) is 0.529. The first-order valence-corrected chi connectivity index (χ1v) is 7.56. The second-order valence-electron chi connectivity index (χ2n) is 5.29. The highest BCUT2D eigenvalue weighted by atomic mass is 16.5. The Kier molecular flexibility index (Phi) is 5.47. The van der Waals surface area contributed by atoms with Gasteiger partial charge in [-0.05, 0) is 13.3 Å². The highest BCUT2D eigenvalue weighted by Crippen LogP contribution is 2.47. The van der Waals surface area contributed by atoms with Gasteiger partial charge in [0.2, 0.25) is 0 Å². The van der Waals surface area contributed by atoms with Gasteiger partial charge in [-0.25, -0.2) is 0 Å². The maximum Gasteiger partial charge on any atom is 0.317 e. The van der Waals surface area contributed by atoms with Crippen LogP contribution in [0.25, 0.3) is 0 Å². The molecule has 0 heterocycles. The van der Waals surface area contributed by atoms with Crippen LogP contribution in [0.15, 0.2) is 12.1 Å². The largest absolute Gasteiger partial charge is 0.496 e. The van der Waals surface area contributed by atoms with Crippen molar-refractivity contribution in [3.8, 4) is 17.2 Å². The summed E-state index contributed by atoms with van der Waals surface area (Å²) in [4.78, 5) is 24.4. The lowest BCUT2D eigenvalue weighted by molar-refractivity contribution is -0.151. The minimum Gasteiger partial charge on any atom is -0.496 e. The second kappa shape index (κ2) is 7.35. The minimum absolute atomic E-state index is 0.103. The topological polar surface area (TPSA) is 71.1 Å². The van der Waals surface area contributed by atoms with Crippen molar-refractivity contribution in [2.45, 2.75) is 25.7 Å². The van der Waals surface area contributed by atoms with E-state index in [2.05, 4.69) is 0 Å². The van der Waals surface area contributed by atoms with Gasteiger partial charge in [0, 0.05) is 30.0 Å². The summed E-state index contributed by atoms with van der Waals surface area (Å²) < 4.78 is 21.2. The number of rotatable bonds is 6. The van der Waals surface area contributed by atoms with Crippen LogP contribution in [0.1, 0.15) is 31.2 Å². The van der Waals surface area contributed by atoms with Gasteiger partial charge in [0.1, 0.15) is 28.9 Å². The molecule has 6 nitrogen and oxygen atoms in total. The molecule has 1 aromatic rings. The molecule has 1 aromatic carbocycles. The molecule has 1 saturated carbocycles. The lowest BCUT2D eigenvalue weighted by Crippen LogP contribution is -2.26. The van der Waals surface area contributed by atoms with Crippen LogP contribution >= 0.6 is 0 Å². The Balaban J connectivity index is 2.50. The average Bonchev–Trinajstić information content (AvgIpc) is 2.94. The van der Waals surface area contributed by atoms with Crippen LogP contribution in [-0.4, -0.2) is 39.7 Å². The van der Waals surface area contributed by atoms with Crippen molar-refractivity contribution in [2.75, 3.05) is 27.9 Å². The molecule has 0 aromatic heterocycles. The monoisotopic (exact) mass is 322 g/mol. The predicted molar refractivity (Wildman–Crippen MR) is 83.2 cm³/mol. The first-order valence-electron chi connectivity index (χ1n) is 7.56. The highest BCUT2D eigenvalue weighted by Gasteiger charge is 2.44. The number of carbonyl (C=O) groups excluding carboxylic acids is 2. The van der Waals surface area contributed by atoms with E-state index in [0.29, 0.717) is 35.7 Å². The molecule has 1 aliphatic rings.